The van der Waals surface area contributed by atoms with E-state index in [1.54, 1.807) is 37.9 Å². The van der Waals surface area contributed by atoms with E-state index in [1.165, 1.54) is 12.1 Å². The van der Waals surface area contributed by atoms with Gasteiger partial charge in [-0.2, -0.15) is 5.10 Å². The molecule has 0 aliphatic rings. The van der Waals surface area contributed by atoms with Gasteiger partial charge in [-0.1, -0.05) is 12.1 Å². The van der Waals surface area contributed by atoms with E-state index in [0.29, 0.717) is 22.4 Å². The predicted octanol–water partition coefficient (Wildman–Crippen LogP) is 2.67. The van der Waals surface area contributed by atoms with E-state index in [1.807, 2.05) is 6.92 Å². The Morgan fingerprint density at radius 3 is 2.79 bits per heavy atom. The van der Waals surface area contributed by atoms with E-state index >= 15 is 0 Å². The van der Waals surface area contributed by atoms with Gasteiger partial charge in [0.2, 0.25) is 11.8 Å². The zero-order chi connectivity index (χ0) is 21.3. The number of rotatable bonds is 6. The summed E-state index contributed by atoms with van der Waals surface area (Å²) >= 11 is 0. The molecule has 1 amide bonds. The van der Waals surface area contributed by atoms with Crippen LogP contribution in [0.1, 0.15) is 30.0 Å². The first-order chi connectivity index (χ1) is 13.7. The second kappa shape index (κ2) is 7.84. The van der Waals surface area contributed by atoms with E-state index in [9.17, 15) is 19.7 Å². The lowest BCUT2D eigenvalue weighted by Crippen LogP contribution is -2.32. The number of hydrogen-bond donors (Lipinski definition) is 2. The Kier molecular flexibility index (Phi) is 5.46. The van der Waals surface area contributed by atoms with Gasteiger partial charge in [-0.05, 0) is 33.4 Å². The highest BCUT2D eigenvalue weighted by Crippen LogP contribution is 2.28. The molecule has 0 aliphatic heterocycles. The second-order valence-electron chi connectivity index (χ2n) is 6.87. The molecular weight excluding hydrogens is 378 g/mol. The van der Waals surface area contributed by atoms with Gasteiger partial charge in [-0.15, -0.1) is 0 Å². The van der Waals surface area contributed by atoms with Gasteiger partial charge in [0.1, 0.15) is 11.1 Å². The molecule has 0 aliphatic carbocycles. The molecule has 2 heterocycles. The Morgan fingerprint density at radius 1 is 1.38 bits per heavy atom. The summed E-state index contributed by atoms with van der Waals surface area (Å²) in [6.45, 7) is 5.27. The maximum absolute atomic E-state index is 12.5. The number of hydrogen-bond acceptors (Lipinski definition) is 7. The molecule has 1 aromatic carbocycles. The van der Waals surface area contributed by atoms with Crippen LogP contribution in [0.3, 0.4) is 0 Å². The molecule has 0 saturated heterocycles. The summed E-state index contributed by atoms with van der Waals surface area (Å²) in [4.78, 5) is 36.9. The first-order valence-corrected chi connectivity index (χ1v) is 8.92. The third-order valence-corrected chi connectivity index (χ3v) is 4.87. The number of furan rings is 1. The van der Waals surface area contributed by atoms with Gasteiger partial charge in [0.15, 0.2) is 0 Å². The molecule has 0 radical (unpaired) electrons. The van der Waals surface area contributed by atoms with Gasteiger partial charge < -0.3 is 4.42 Å². The number of anilines is 1. The zero-order valence-electron chi connectivity index (χ0n) is 16.5. The molecule has 0 bridgehead atoms. The number of nitrogens with zero attached hydrogens (tertiary/aromatic N) is 3. The van der Waals surface area contributed by atoms with Crippen molar-refractivity contribution < 1.29 is 14.1 Å². The third-order valence-electron chi connectivity index (χ3n) is 4.87. The minimum Gasteiger partial charge on any atom is -0.444 e. The highest BCUT2D eigenvalue weighted by molar-refractivity contribution is 6.01. The van der Waals surface area contributed by atoms with Crippen molar-refractivity contribution in [2.24, 2.45) is 0 Å². The second-order valence-corrected chi connectivity index (χ2v) is 6.87. The fraction of sp³-hybridized carbons (Fsp3) is 0.316. The largest absolute Gasteiger partial charge is 0.444 e. The molecule has 1 unspecified atom stereocenters. The number of aryl methyl sites for hydroxylation is 2. The summed E-state index contributed by atoms with van der Waals surface area (Å²) in [6, 6.07) is 6.04. The average molecular weight is 399 g/mol. The normalized spacial score (nSPS) is 12.3. The summed E-state index contributed by atoms with van der Waals surface area (Å²) in [5.41, 5.74) is 0.855. The van der Waals surface area contributed by atoms with Crippen LogP contribution in [-0.4, -0.2) is 39.5 Å². The molecule has 29 heavy (non-hydrogen) atoms. The Labute approximate surface area is 165 Å². The van der Waals surface area contributed by atoms with Gasteiger partial charge in [0.25, 0.3) is 11.2 Å². The zero-order valence-corrected chi connectivity index (χ0v) is 16.5. The molecule has 2 N–H and O–H groups in total. The summed E-state index contributed by atoms with van der Waals surface area (Å²) in [5.74, 6) is 0.185. The van der Waals surface area contributed by atoms with Crippen LogP contribution in [0, 0.1) is 24.0 Å². The molecule has 0 spiro atoms. The summed E-state index contributed by atoms with van der Waals surface area (Å²) in [5, 5.41) is 20.7. The average Bonchev–Trinajstić information content (AvgIpc) is 3.01. The van der Waals surface area contributed by atoms with Gasteiger partial charge >= 0.3 is 0 Å². The monoisotopic (exact) mass is 399 g/mol. The molecule has 0 fully saturated rings. The van der Waals surface area contributed by atoms with Crippen LogP contribution in [0.25, 0.3) is 10.8 Å². The molecule has 1 atom stereocenters. The highest BCUT2D eigenvalue weighted by atomic mass is 16.6. The van der Waals surface area contributed by atoms with Crippen LogP contribution >= 0.6 is 0 Å². The topological polar surface area (TPSA) is 134 Å². The van der Waals surface area contributed by atoms with Gasteiger partial charge in [0.05, 0.1) is 22.5 Å². The fourth-order valence-corrected chi connectivity index (χ4v) is 3.21. The number of H-pyrrole nitrogens is 1. The first-order valence-electron chi connectivity index (χ1n) is 8.92. The number of amides is 1. The molecular formula is C19H21N5O5. The van der Waals surface area contributed by atoms with Crippen LogP contribution in [0.2, 0.25) is 0 Å². The van der Waals surface area contributed by atoms with E-state index in [-0.39, 0.29) is 35.5 Å². The number of fused-ring (bicyclic) bond motifs is 1. The SMILES string of the molecule is Cc1n[nH]c(=O)c2c(NC(=O)CN(C)C(C)c3cccc([N+](=O)[O-])c3)oc(C)c12. The van der Waals surface area contributed by atoms with Crippen LogP contribution in [-0.2, 0) is 4.79 Å². The van der Waals surface area contributed by atoms with Crippen molar-refractivity contribution in [3.05, 3.63) is 61.8 Å². The maximum Gasteiger partial charge on any atom is 0.277 e. The Morgan fingerprint density at radius 2 is 2.10 bits per heavy atom. The van der Waals surface area contributed by atoms with Gasteiger partial charge in [0, 0.05) is 18.2 Å². The number of nitro groups is 1. The quantitative estimate of drug-likeness (QED) is 0.480. The smallest absolute Gasteiger partial charge is 0.277 e. The van der Waals surface area contributed by atoms with Crippen LogP contribution in [0.15, 0.2) is 33.5 Å². The maximum atomic E-state index is 12.5. The molecule has 152 valence electrons. The summed E-state index contributed by atoms with van der Waals surface area (Å²) < 4.78 is 5.58. The predicted molar refractivity (Wildman–Crippen MR) is 107 cm³/mol. The van der Waals surface area contributed by atoms with Crippen molar-refractivity contribution in [3.63, 3.8) is 0 Å². The number of likely N-dealkylation sites (N-methyl/N-ethyl adjacent to an activating group) is 1. The highest BCUT2D eigenvalue weighted by Gasteiger charge is 2.21. The van der Waals surface area contributed by atoms with Crippen molar-refractivity contribution in [1.29, 1.82) is 0 Å². The minimum absolute atomic E-state index is 0.00654. The Bertz CT molecular complexity index is 1150. The molecule has 2 aromatic heterocycles. The van der Waals surface area contributed by atoms with Gasteiger partial charge in [-0.3, -0.25) is 29.9 Å². The number of benzene rings is 1. The lowest BCUT2D eigenvalue weighted by molar-refractivity contribution is -0.384. The van der Waals surface area contributed by atoms with Crippen molar-refractivity contribution in [2.75, 3.05) is 18.9 Å². The lowest BCUT2D eigenvalue weighted by atomic mass is 10.1. The molecule has 0 saturated carbocycles. The molecule has 3 aromatic rings. The van der Waals surface area contributed by atoms with E-state index in [4.69, 9.17) is 4.42 Å². The summed E-state index contributed by atoms with van der Waals surface area (Å²) in [7, 11) is 1.73. The standard InChI is InChI=1S/C19H21N5O5/c1-10-16-12(3)29-19(17(16)18(26)22-21-10)20-15(25)9-23(4)11(2)13-6-5-7-14(8-13)24(27)28/h5-8,11H,9H2,1-4H3,(H,20,25)(H,22,26). The Balaban J connectivity index is 1.77. The number of non-ortho nitro benzene ring substituents is 1. The Hall–Kier alpha value is -3.53. The van der Waals surface area contributed by atoms with Crippen molar-refractivity contribution in [3.8, 4) is 0 Å². The first kappa shape index (κ1) is 20.2. The minimum atomic E-state index is -0.457. The number of aromatic nitrogens is 2. The van der Waals surface area contributed by atoms with Crippen molar-refractivity contribution in [1.82, 2.24) is 15.1 Å². The molecule has 10 nitrogen and oxygen atoms in total. The van der Waals surface area contributed by atoms with E-state index in [0.717, 1.165) is 0 Å². The molecule has 10 heteroatoms. The number of carbonyl (C=O) groups excluding carboxylic acids is 1. The van der Waals surface area contributed by atoms with Gasteiger partial charge in [-0.25, -0.2) is 5.10 Å². The van der Waals surface area contributed by atoms with E-state index < -0.39 is 10.5 Å². The number of nitro benzene ring substituents is 1. The fourth-order valence-electron chi connectivity index (χ4n) is 3.21. The number of carbonyl (C=O) groups is 1. The third kappa shape index (κ3) is 4.02. The number of nitrogens with one attached hydrogen (secondary N) is 2. The van der Waals surface area contributed by atoms with E-state index in [2.05, 4.69) is 15.5 Å². The molecule has 3 rings (SSSR count). The van der Waals surface area contributed by atoms with Crippen LogP contribution in [0.5, 0.6) is 0 Å². The summed E-state index contributed by atoms with van der Waals surface area (Å²) in [6.07, 6.45) is 0. The number of aromatic amines is 1. The van der Waals surface area contributed by atoms with Crippen LogP contribution in [0.4, 0.5) is 11.6 Å². The van der Waals surface area contributed by atoms with Crippen LogP contribution < -0.4 is 10.9 Å². The van der Waals surface area contributed by atoms with Crippen molar-refractivity contribution in [2.45, 2.75) is 26.8 Å². The lowest BCUT2D eigenvalue weighted by Gasteiger charge is -2.24. The van der Waals surface area contributed by atoms with Crippen molar-refractivity contribution >= 4 is 28.3 Å².